The molecule has 0 N–H and O–H groups in total. The number of aromatic nitrogens is 2. The van der Waals surface area contributed by atoms with Crippen LogP contribution in [0.3, 0.4) is 0 Å². The largest absolute Gasteiger partial charge is 0.311 e. The predicted molar refractivity (Wildman–Crippen MR) is 132 cm³/mol. The Morgan fingerprint density at radius 2 is 1.28 bits per heavy atom. The molecule has 154 valence electrons. The number of anilines is 3. The summed E-state index contributed by atoms with van der Waals surface area (Å²) < 4.78 is 5.26. The van der Waals surface area contributed by atoms with E-state index in [1.807, 2.05) is 0 Å². The summed E-state index contributed by atoms with van der Waals surface area (Å²) in [6, 6.07) is 27.7. The minimum absolute atomic E-state index is 0.416. The Morgan fingerprint density at radius 1 is 0.750 bits per heavy atom. The molecule has 0 amide bonds. The zero-order valence-corrected chi connectivity index (χ0v) is 18.6. The molecule has 0 aliphatic heterocycles. The van der Waals surface area contributed by atoms with Crippen molar-refractivity contribution in [1.82, 2.24) is 9.36 Å². The molecule has 5 heteroatoms. The highest BCUT2D eigenvalue weighted by Gasteiger charge is 2.15. The van der Waals surface area contributed by atoms with E-state index in [2.05, 4.69) is 107 Å². The van der Waals surface area contributed by atoms with Crippen LogP contribution in [0.1, 0.15) is 16.8 Å². The molecule has 4 nitrogen and oxygen atoms in total. The monoisotopic (exact) mass is 432 g/mol. The lowest BCUT2D eigenvalue weighted by atomic mass is 10.0. The Balaban J connectivity index is 1.58. The van der Waals surface area contributed by atoms with Crippen LogP contribution in [-0.4, -0.2) is 9.36 Å². The van der Waals surface area contributed by atoms with Crippen LogP contribution in [0.5, 0.6) is 0 Å². The van der Waals surface area contributed by atoms with Crippen LogP contribution in [0, 0.1) is 25.2 Å². The van der Waals surface area contributed by atoms with E-state index in [-0.39, 0.29) is 0 Å². The summed E-state index contributed by atoms with van der Waals surface area (Å²) in [7, 11) is 0. The van der Waals surface area contributed by atoms with Crippen molar-refractivity contribution in [2.24, 2.45) is 0 Å². The van der Waals surface area contributed by atoms with Crippen LogP contribution in [0.15, 0.2) is 85.2 Å². The van der Waals surface area contributed by atoms with Gasteiger partial charge in [-0.1, -0.05) is 47.5 Å². The van der Waals surface area contributed by atoms with E-state index in [0.717, 1.165) is 38.3 Å². The van der Waals surface area contributed by atoms with E-state index in [0.29, 0.717) is 5.69 Å². The quantitative estimate of drug-likeness (QED) is 0.299. The Morgan fingerprint density at radius 3 is 1.81 bits per heavy atom. The predicted octanol–water partition coefficient (Wildman–Crippen LogP) is 7.32. The van der Waals surface area contributed by atoms with Gasteiger partial charge in [0.2, 0.25) is 0 Å². The third-order valence-corrected chi connectivity index (χ3v) is 6.35. The third kappa shape index (κ3) is 3.62. The fourth-order valence-corrected chi connectivity index (χ4v) is 4.56. The zero-order valence-electron chi connectivity index (χ0n) is 17.8. The molecule has 0 unspecified atom stereocenters. The van der Waals surface area contributed by atoms with Gasteiger partial charge in [-0.05, 0) is 67.3 Å². The topological polar surface area (TPSA) is 52.8 Å². The van der Waals surface area contributed by atoms with E-state index < -0.39 is 0 Å². The van der Waals surface area contributed by atoms with Crippen LogP contribution in [0.2, 0.25) is 0 Å². The number of nitrogens with zero attached hydrogens (tertiary/aromatic N) is 4. The first kappa shape index (κ1) is 19.9. The SMILES string of the molecule is Cc1ccc(N(c2ccc(C)cc2)c2ccc(-c3cnc(C#N)c4cnsc34)cc2)cc1. The van der Waals surface area contributed by atoms with Crippen molar-refractivity contribution in [2.45, 2.75) is 13.8 Å². The van der Waals surface area contributed by atoms with Gasteiger partial charge in [0.15, 0.2) is 5.69 Å². The van der Waals surface area contributed by atoms with Crippen molar-refractivity contribution in [2.75, 3.05) is 4.90 Å². The number of pyridine rings is 1. The molecule has 5 aromatic rings. The van der Waals surface area contributed by atoms with Crippen molar-refractivity contribution in [1.29, 1.82) is 5.26 Å². The van der Waals surface area contributed by atoms with E-state index in [1.54, 1.807) is 12.4 Å². The zero-order chi connectivity index (χ0) is 22.1. The molecule has 0 spiro atoms. The van der Waals surface area contributed by atoms with Gasteiger partial charge < -0.3 is 4.90 Å². The maximum Gasteiger partial charge on any atom is 0.150 e. The number of hydrogen-bond acceptors (Lipinski definition) is 5. The first-order valence-electron chi connectivity index (χ1n) is 10.3. The van der Waals surface area contributed by atoms with Crippen LogP contribution >= 0.6 is 11.5 Å². The molecule has 5 rings (SSSR count). The normalized spacial score (nSPS) is 10.8. The highest BCUT2D eigenvalue weighted by molar-refractivity contribution is 7.14. The maximum absolute atomic E-state index is 9.32. The van der Waals surface area contributed by atoms with Crippen LogP contribution in [0.4, 0.5) is 17.1 Å². The summed E-state index contributed by atoms with van der Waals surface area (Å²) >= 11 is 1.39. The second-order valence-electron chi connectivity index (χ2n) is 7.75. The Hall–Kier alpha value is -4.01. The number of fused-ring (bicyclic) bond motifs is 1. The van der Waals surface area contributed by atoms with Gasteiger partial charge >= 0.3 is 0 Å². The molecule has 2 heterocycles. The first-order chi connectivity index (χ1) is 15.6. The maximum atomic E-state index is 9.32. The number of aryl methyl sites for hydroxylation is 2. The Kier molecular flexibility index (Phi) is 5.14. The van der Waals surface area contributed by atoms with Crippen molar-refractivity contribution < 1.29 is 0 Å². The van der Waals surface area contributed by atoms with Crippen molar-refractivity contribution in [3.05, 3.63) is 102 Å². The molecule has 0 aliphatic rings. The lowest BCUT2D eigenvalue weighted by Crippen LogP contribution is -2.09. The van der Waals surface area contributed by atoms with E-state index in [1.165, 1.54) is 22.7 Å². The number of nitriles is 1. The minimum atomic E-state index is 0.416. The fourth-order valence-electron chi connectivity index (χ4n) is 3.78. The lowest BCUT2D eigenvalue weighted by Gasteiger charge is -2.26. The average Bonchev–Trinajstić information content (AvgIpc) is 3.32. The van der Waals surface area contributed by atoms with Crippen molar-refractivity contribution >= 4 is 38.7 Å². The summed E-state index contributed by atoms with van der Waals surface area (Å²) in [4.78, 5) is 6.59. The standard InChI is InChI=1S/C27H20N4S/c1-18-3-9-21(10-4-18)31(22-11-5-19(2)6-12-22)23-13-7-20(8-14-23)24-16-29-26(15-28)25-17-30-32-27(24)25/h3-14,16-17H,1-2H3. The highest BCUT2D eigenvalue weighted by Crippen LogP contribution is 2.37. The molecule has 0 aliphatic carbocycles. The van der Waals surface area contributed by atoms with Crippen LogP contribution < -0.4 is 4.90 Å². The summed E-state index contributed by atoms with van der Waals surface area (Å²) in [5.41, 5.74) is 8.21. The van der Waals surface area contributed by atoms with Crippen molar-refractivity contribution in [3.8, 4) is 17.2 Å². The third-order valence-electron chi connectivity index (χ3n) is 5.52. The second kappa shape index (κ2) is 8.26. The van der Waals surface area contributed by atoms with Crippen molar-refractivity contribution in [3.63, 3.8) is 0 Å². The molecule has 2 aromatic heterocycles. The van der Waals surface area contributed by atoms with Gasteiger partial charge in [-0.15, -0.1) is 0 Å². The molecular formula is C27H20N4S. The Labute approximate surface area is 191 Å². The molecule has 0 bridgehead atoms. The summed E-state index contributed by atoms with van der Waals surface area (Å²) in [5, 5.41) is 10.1. The molecule has 3 aromatic carbocycles. The van der Waals surface area contributed by atoms with Gasteiger partial charge in [-0.3, -0.25) is 0 Å². The number of benzene rings is 3. The molecule has 0 saturated heterocycles. The lowest BCUT2D eigenvalue weighted by molar-refractivity contribution is 1.27. The number of rotatable bonds is 4. The highest BCUT2D eigenvalue weighted by atomic mass is 32.1. The molecule has 0 saturated carbocycles. The first-order valence-corrected chi connectivity index (χ1v) is 11.1. The minimum Gasteiger partial charge on any atom is -0.311 e. The van der Waals surface area contributed by atoms with Gasteiger partial charge in [0.1, 0.15) is 6.07 Å². The van der Waals surface area contributed by atoms with E-state index >= 15 is 0 Å². The fraction of sp³-hybridized carbons (Fsp3) is 0.0741. The van der Waals surface area contributed by atoms with Gasteiger partial charge in [0, 0.05) is 34.2 Å². The summed E-state index contributed by atoms with van der Waals surface area (Å²) in [6.07, 6.45) is 3.49. The van der Waals surface area contributed by atoms with Gasteiger partial charge in [0.05, 0.1) is 10.9 Å². The Bertz CT molecular complexity index is 1380. The van der Waals surface area contributed by atoms with E-state index in [9.17, 15) is 5.26 Å². The summed E-state index contributed by atoms with van der Waals surface area (Å²) in [6.45, 7) is 4.20. The second-order valence-corrected chi connectivity index (χ2v) is 8.56. The smallest absolute Gasteiger partial charge is 0.150 e. The molecular weight excluding hydrogens is 412 g/mol. The van der Waals surface area contributed by atoms with Gasteiger partial charge in [-0.25, -0.2) is 4.98 Å². The van der Waals surface area contributed by atoms with Gasteiger partial charge in [0.25, 0.3) is 0 Å². The van der Waals surface area contributed by atoms with Crippen LogP contribution in [-0.2, 0) is 0 Å². The van der Waals surface area contributed by atoms with E-state index in [4.69, 9.17) is 0 Å². The summed E-state index contributed by atoms with van der Waals surface area (Å²) in [5.74, 6) is 0. The molecule has 0 radical (unpaired) electrons. The molecule has 32 heavy (non-hydrogen) atoms. The number of hydrogen-bond donors (Lipinski definition) is 0. The molecule has 0 atom stereocenters. The molecule has 0 fully saturated rings. The van der Waals surface area contributed by atoms with Gasteiger partial charge in [-0.2, -0.15) is 9.64 Å². The average molecular weight is 433 g/mol. The van der Waals surface area contributed by atoms with Crippen LogP contribution in [0.25, 0.3) is 21.2 Å².